The maximum absolute atomic E-state index is 11.7. The number of aromatic nitrogens is 2. The molecule has 0 saturated carbocycles. The van der Waals surface area contributed by atoms with Gasteiger partial charge in [0.25, 0.3) is 5.56 Å². The van der Waals surface area contributed by atoms with Crippen molar-refractivity contribution in [3.8, 4) is 0 Å². The van der Waals surface area contributed by atoms with Gasteiger partial charge in [0.1, 0.15) is 6.10 Å². The molecule has 0 amide bonds. The normalized spacial score (nSPS) is 31.8. The van der Waals surface area contributed by atoms with E-state index in [1.807, 2.05) is 22.6 Å². The Morgan fingerprint density at radius 2 is 2.22 bits per heavy atom. The van der Waals surface area contributed by atoms with Crippen molar-refractivity contribution in [2.75, 3.05) is 6.61 Å². The Morgan fingerprint density at radius 1 is 1.56 bits per heavy atom. The van der Waals surface area contributed by atoms with Crippen LogP contribution in [0, 0.1) is 0 Å². The van der Waals surface area contributed by atoms with Gasteiger partial charge in [0.2, 0.25) is 0 Å². The van der Waals surface area contributed by atoms with Gasteiger partial charge in [-0.15, -0.1) is 0 Å². The highest BCUT2D eigenvalue weighted by atomic mass is 127. The third-order valence-electron chi connectivity index (χ3n) is 2.67. The lowest BCUT2D eigenvalue weighted by molar-refractivity contribution is -0.0456. The zero-order chi connectivity index (χ0) is 13.4. The van der Waals surface area contributed by atoms with Gasteiger partial charge in [-0.2, -0.15) is 0 Å². The smallest absolute Gasteiger partial charge is 0.330 e. The largest absolute Gasteiger partial charge is 0.394 e. The summed E-state index contributed by atoms with van der Waals surface area (Å²) in [6, 6.07) is 0. The minimum Gasteiger partial charge on any atom is -0.394 e. The van der Waals surface area contributed by atoms with Gasteiger partial charge in [-0.1, -0.05) is 22.6 Å². The molecule has 1 fully saturated rings. The highest BCUT2D eigenvalue weighted by Crippen LogP contribution is 2.34. The fraction of sp³-hybridized carbons (Fsp3) is 0.556. The van der Waals surface area contributed by atoms with Gasteiger partial charge < -0.3 is 14.9 Å². The first-order chi connectivity index (χ1) is 8.45. The van der Waals surface area contributed by atoms with Crippen LogP contribution in [0.5, 0.6) is 0 Å². The van der Waals surface area contributed by atoms with Gasteiger partial charge in [-0.05, 0) is 15.9 Å². The van der Waals surface area contributed by atoms with Gasteiger partial charge >= 0.3 is 5.69 Å². The number of H-pyrrole nitrogens is 1. The molecule has 0 aliphatic carbocycles. The number of aromatic amines is 1. The Hall–Kier alpha value is -0.230. The molecular formula is C9H10BrIN2O5. The average Bonchev–Trinajstić information content (AvgIpc) is 2.61. The zero-order valence-electron chi connectivity index (χ0n) is 8.92. The third kappa shape index (κ3) is 2.41. The number of rotatable bonds is 2. The Morgan fingerprint density at radius 3 is 2.78 bits per heavy atom. The van der Waals surface area contributed by atoms with E-state index < -0.39 is 33.6 Å². The summed E-state index contributed by atoms with van der Waals surface area (Å²) in [5, 5.41) is 18.9. The van der Waals surface area contributed by atoms with Crippen molar-refractivity contribution >= 4 is 38.5 Å². The van der Waals surface area contributed by atoms with E-state index in [4.69, 9.17) is 9.84 Å². The monoisotopic (exact) mass is 432 g/mol. The van der Waals surface area contributed by atoms with E-state index in [-0.39, 0.29) is 11.1 Å². The Kier molecular flexibility index (Phi) is 4.26. The van der Waals surface area contributed by atoms with E-state index in [0.717, 1.165) is 0 Å². The average molecular weight is 433 g/mol. The standard InChI is InChI=1S/C9H10BrIN2O5/c10-3-1-13(9(17)12-7(3)16)8-5(11)6(15)4(2-14)18-8/h1,4-6,8,14-15H,2H2,(H,12,16,17)/t4-,5-,6-,8-/m1/s1. The maximum atomic E-state index is 11.7. The summed E-state index contributed by atoms with van der Waals surface area (Å²) in [4.78, 5) is 25.0. The van der Waals surface area contributed by atoms with Gasteiger partial charge in [-0.25, -0.2) is 4.79 Å². The first-order valence-corrected chi connectivity index (χ1v) is 7.09. The van der Waals surface area contributed by atoms with E-state index in [9.17, 15) is 14.7 Å². The molecule has 18 heavy (non-hydrogen) atoms. The second-order valence-corrected chi connectivity index (χ2v) is 6.12. The van der Waals surface area contributed by atoms with E-state index in [2.05, 4.69) is 20.9 Å². The number of hydrogen-bond donors (Lipinski definition) is 3. The van der Waals surface area contributed by atoms with Crippen LogP contribution in [0.25, 0.3) is 0 Å². The molecule has 2 rings (SSSR count). The van der Waals surface area contributed by atoms with Crippen LogP contribution in [-0.4, -0.2) is 42.5 Å². The van der Waals surface area contributed by atoms with Gasteiger partial charge in [0.15, 0.2) is 6.23 Å². The van der Waals surface area contributed by atoms with Crippen molar-refractivity contribution in [1.82, 2.24) is 9.55 Å². The van der Waals surface area contributed by atoms with Crippen LogP contribution in [-0.2, 0) is 4.74 Å². The van der Waals surface area contributed by atoms with E-state index >= 15 is 0 Å². The lowest BCUT2D eigenvalue weighted by Crippen LogP contribution is -2.35. The predicted molar refractivity (Wildman–Crippen MR) is 73.8 cm³/mol. The Balaban J connectivity index is 2.42. The molecule has 3 N–H and O–H groups in total. The minimum atomic E-state index is -0.877. The molecule has 9 heteroatoms. The van der Waals surface area contributed by atoms with Crippen molar-refractivity contribution in [2.45, 2.75) is 22.4 Å². The van der Waals surface area contributed by atoms with Crippen molar-refractivity contribution < 1.29 is 14.9 Å². The third-order valence-corrected chi connectivity index (χ3v) is 4.59. The van der Waals surface area contributed by atoms with Crippen LogP contribution in [0.3, 0.4) is 0 Å². The summed E-state index contributed by atoms with van der Waals surface area (Å²) < 4.78 is 6.38. The topological polar surface area (TPSA) is 105 Å². The molecule has 0 radical (unpaired) electrons. The maximum Gasteiger partial charge on any atom is 0.330 e. The minimum absolute atomic E-state index is 0.191. The fourth-order valence-electron chi connectivity index (χ4n) is 1.73. The Bertz CT molecular complexity index is 559. The van der Waals surface area contributed by atoms with Crippen LogP contribution in [0.15, 0.2) is 20.3 Å². The van der Waals surface area contributed by atoms with Gasteiger partial charge in [0.05, 0.1) is 21.1 Å². The number of alkyl halides is 1. The Labute approximate surface area is 123 Å². The molecule has 4 atom stereocenters. The number of aliphatic hydroxyl groups excluding tert-OH is 2. The number of hydrogen-bond acceptors (Lipinski definition) is 5. The molecule has 1 aliphatic heterocycles. The lowest BCUT2D eigenvalue weighted by Gasteiger charge is -2.16. The van der Waals surface area contributed by atoms with E-state index in [0.29, 0.717) is 0 Å². The van der Waals surface area contributed by atoms with Crippen LogP contribution in [0.1, 0.15) is 6.23 Å². The van der Waals surface area contributed by atoms with Crippen molar-refractivity contribution in [2.24, 2.45) is 0 Å². The molecule has 1 aromatic rings. The highest BCUT2D eigenvalue weighted by molar-refractivity contribution is 14.1. The molecule has 100 valence electrons. The second kappa shape index (κ2) is 5.41. The number of nitrogens with zero attached hydrogens (tertiary/aromatic N) is 1. The molecule has 0 spiro atoms. The summed E-state index contributed by atoms with van der Waals surface area (Å²) in [6.45, 7) is -0.337. The van der Waals surface area contributed by atoms with Crippen molar-refractivity contribution in [3.63, 3.8) is 0 Å². The summed E-state index contributed by atoms with van der Waals surface area (Å²) in [7, 11) is 0. The van der Waals surface area contributed by atoms with Crippen LogP contribution in [0.2, 0.25) is 0 Å². The molecule has 7 nitrogen and oxygen atoms in total. The summed E-state index contributed by atoms with van der Waals surface area (Å²) >= 11 is 4.97. The van der Waals surface area contributed by atoms with Crippen molar-refractivity contribution in [1.29, 1.82) is 0 Å². The summed E-state index contributed by atoms with van der Waals surface area (Å²) in [6.07, 6.45) is -1.05. The quantitative estimate of drug-likeness (QED) is 0.425. The van der Waals surface area contributed by atoms with Gasteiger partial charge in [-0.3, -0.25) is 14.3 Å². The number of aliphatic hydroxyl groups is 2. The van der Waals surface area contributed by atoms with E-state index in [1.54, 1.807) is 0 Å². The predicted octanol–water partition coefficient (Wildman–Crippen LogP) is -0.647. The molecule has 1 aliphatic rings. The molecule has 0 bridgehead atoms. The summed E-state index contributed by atoms with van der Waals surface area (Å²) in [5.41, 5.74) is -1.15. The zero-order valence-corrected chi connectivity index (χ0v) is 12.7. The van der Waals surface area contributed by atoms with E-state index in [1.165, 1.54) is 10.8 Å². The van der Waals surface area contributed by atoms with Gasteiger partial charge in [0, 0.05) is 6.20 Å². The first kappa shape index (κ1) is 14.2. The fourth-order valence-corrected chi connectivity index (χ4v) is 3.03. The van der Waals surface area contributed by atoms with Crippen molar-refractivity contribution in [3.05, 3.63) is 31.5 Å². The van der Waals surface area contributed by atoms with Crippen LogP contribution < -0.4 is 11.2 Å². The van der Waals surface area contributed by atoms with Crippen LogP contribution >= 0.6 is 38.5 Å². The SMILES string of the molecule is O=c1[nH]c(=O)n([C@@H]2O[C@H](CO)[C@@H](O)[C@H]2I)cc1Br. The van der Waals surface area contributed by atoms with Crippen LogP contribution in [0.4, 0.5) is 0 Å². The molecular weight excluding hydrogens is 423 g/mol. The number of nitrogens with one attached hydrogen (secondary N) is 1. The second-order valence-electron chi connectivity index (χ2n) is 3.83. The molecule has 1 aromatic heterocycles. The number of ether oxygens (including phenoxy) is 1. The molecule has 0 unspecified atom stereocenters. The summed E-state index contributed by atoms with van der Waals surface area (Å²) in [5.74, 6) is 0. The molecule has 2 heterocycles. The molecule has 0 aromatic carbocycles. The number of halogens is 2. The first-order valence-electron chi connectivity index (χ1n) is 5.05. The molecule has 1 saturated heterocycles. The highest BCUT2D eigenvalue weighted by Gasteiger charge is 2.43. The lowest BCUT2D eigenvalue weighted by atomic mass is 10.2.